The standard InChI is InChI=1S/C17H29NO4/c1-8-10-14(12(3)19)15(13(4)21-11-9-2)18-16(20)22-17(5,6)7/h8,14-15H,1,4,9-11H2,2-3,5-7H3,(H,18,20)/t14-,15?/m1/s1. The molecule has 0 heterocycles. The van der Waals surface area contributed by atoms with Crippen LogP contribution in [0.2, 0.25) is 0 Å². The summed E-state index contributed by atoms with van der Waals surface area (Å²) in [4.78, 5) is 23.9. The normalized spacial score (nSPS) is 13.7. The van der Waals surface area contributed by atoms with Crippen LogP contribution >= 0.6 is 0 Å². The molecule has 126 valence electrons. The highest BCUT2D eigenvalue weighted by Crippen LogP contribution is 2.19. The fourth-order valence-corrected chi connectivity index (χ4v) is 1.88. The van der Waals surface area contributed by atoms with Gasteiger partial charge >= 0.3 is 6.09 Å². The smallest absolute Gasteiger partial charge is 0.408 e. The number of nitrogens with one attached hydrogen (secondary N) is 1. The Hall–Kier alpha value is -1.78. The zero-order valence-corrected chi connectivity index (χ0v) is 14.4. The number of carbonyl (C=O) groups excluding carboxylic acids is 2. The molecule has 0 aliphatic rings. The second-order valence-corrected chi connectivity index (χ2v) is 6.18. The van der Waals surface area contributed by atoms with Crippen molar-refractivity contribution in [1.82, 2.24) is 5.32 Å². The quantitative estimate of drug-likeness (QED) is 0.522. The largest absolute Gasteiger partial charge is 0.496 e. The Balaban J connectivity index is 5.14. The maximum Gasteiger partial charge on any atom is 0.408 e. The van der Waals surface area contributed by atoms with Crippen LogP contribution in [0.5, 0.6) is 0 Å². The summed E-state index contributed by atoms with van der Waals surface area (Å²) in [7, 11) is 0. The highest BCUT2D eigenvalue weighted by molar-refractivity contribution is 5.80. The molecule has 0 fully saturated rings. The Labute approximate surface area is 133 Å². The first kappa shape index (κ1) is 20.2. The van der Waals surface area contributed by atoms with Crippen molar-refractivity contribution in [2.75, 3.05) is 6.61 Å². The van der Waals surface area contributed by atoms with E-state index in [1.54, 1.807) is 26.8 Å². The molecule has 1 unspecified atom stereocenters. The first-order chi connectivity index (χ1) is 10.1. The second-order valence-electron chi connectivity index (χ2n) is 6.18. The molecule has 0 saturated carbocycles. The van der Waals surface area contributed by atoms with E-state index in [0.29, 0.717) is 18.8 Å². The van der Waals surface area contributed by atoms with E-state index in [9.17, 15) is 9.59 Å². The molecule has 0 aromatic carbocycles. The molecule has 0 aliphatic heterocycles. The van der Waals surface area contributed by atoms with E-state index in [-0.39, 0.29) is 5.78 Å². The van der Waals surface area contributed by atoms with Gasteiger partial charge in [0.1, 0.15) is 17.1 Å². The fraction of sp³-hybridized carbons (Fsp3) is 0.647. The molecule has 0 aromatic rings. The monoisotopic (exact) mass is 311 g/mol. The molecular formula is C17H29NO4. The maximum atomic E-state index is 12.0. The van der Waals surface area contributed by atoms with Crippen LogP contribution in [0, 0.1) is 5.92 Å². The number of carbonyl (C=O) groups is 2. The Kier molecular flexibility index (Phi) is 8.53. The molecule has 5 nitrogen and oxygen atoms in total. The van der Waals surface area contributed by atoms with Gasteiger partial charge in [0.05, 0.1) is 12.6 Å². The van der Waals surface area contributed by atoms with E-state index in [0.717, 1.165) is 6.42 Å². The molecule has 1 amide bonds. The number of Topliss-reactive ketones (excluding diaryl/α,β-unsaturated/α-hetero) is 1. The highest BCUT2D eigenvalue weighted by Gasteiger charge is 2.31. The lowest BCUT2D eigenvalue weighted by Gasteiger charge is -2.28. The number of allylic oxidation sites excluding steroid dienone is 1. The summed E-state index contributed by atoms with van der Waals surface area (Å²) in [5.41, 5.74) is -0.621. The molecule has 22 heavy (non-hydrogen) atoms. The number of amides is 1. The van der Waals surface area contributed by atoms with Crippen molar-refractivity contribution in [2.45, 2.75) is 59.1 Å². The molecule has 0 aliphatic carbocycles. The van der Waals surface area contributed by atoms with Gasteiger partial charge < -0.3 is 14.8 Å². The summed E-state index contributed by atoms with van der Waals surface area (Å²) >= 11 is 0. The second kappa shape index (κ2) is 9.28. The van der Waals surface area contributed by atoms with Gasteiger partial charge in [0.15, 0.2) is 0 Å². The highest BCUT2D eigenvalue weighted by atomic mass is 16.6. The summed E-state index contributed by atoms with van der Waals surface area (Å²) in [6, 6.07) is -0.642. The number of ketones is 1. The SMILES string of the molecule is C=CC[C@H](C(C)=O)C(NC(=O)OC(C)(C)C)C(=C)OCCC. The van der Waals surface area contributed by atoms with Gasteiger partial charge in [-0.15, -0.1) is 6.58 Å². The summed E-state index contributed by atoms with van der Waals surface area (Å²) in [6.45, 7) is 16.8. The van der Waals surface area contributed by atoms with Gasteiger partial charge in [0.25, 0.3) is 0 Å². The van der Waals surface area contributed by atoms with Crippen molar-refractivity contribution in [3.05, 3.63) is 25.0 Å². The van der Waals surface area contributed by atoms with Gasteiger partial charge in [0, 0.05) is 5.92 Å². The van der Waals surface area contributed by atoms with Gasteiger partial charge in [-0.25, -0.2) is 4.79 Å². The lowest BCUT2D eigenvalue weighted by molar-refractivity contribution is -0.121. The van der Waals surface area contributed by atoms with Crippen molar-refractivity contribution >= 4 is 11.9 Å². The predicted molar refractivity (Wildman–Crippen MR) is 87.5 cm³/mol. The molecule has 1 N–H and O–H groups in total. The zero-order valence-electron chi connectivity index (χ0n) is 14.4. The summed E-state index contributed by atoms with van der Waals surface area (Å²) in [5, 5.41) is 2.69. The van der Waals surface area contributed by atoms with Crippen LogP contribution in [0.4, 0.5) is 4.79 Å². The minimum atomic E-state index is -0.642. The van der Waals surface area contributed by atoms with Gasteiger partial charge in [-0.05, 0) is 40.5 Å². The van der Waals surface area contributed by atoms with E-state index in [4.69, 9.17) is 9.47 Å². The topological polar surface area (TPSA) is 64.6 Å². The van der Waals surface area contributed by atoms with Crippen LogP contribution in [0.25, 0.3) is 0 Å². The number of hydrogen-bond acceptors (Lipinski definition) is 4. The van der Waals surface area contributed by atoms with Crippen LogP contribution in [-0.2, 0) is 14.3 Å². The Morgan fingerprint density at radius 3 is 2.32 bits per heavy atom. The molecule has 0 spiro atoms. The third-order valence-electron chi connectivity index (χ3n) is 2.86. The maximum absolute atomic E-state index is 12.0. The third kappa shape index (κ3) is 7.86. The minimum Gasteiger partial charge on any atom is -0.496 e. The van der Waals surface area contributed by atoms with Crippen LogP contribution < -0.4 is 5.32 Å². The minimum absolute atomic E-state index is 0.0674. The van der Waals surface area contributed by atoms with Crippen molar-refractivity contribution in [3.63, 3.8) is 0 Å². The number of ether oxygens (including phenoxy) is 2. The molecule has 5 heteroatoms. The molecule has 0 bridgehead atoms. The summed E-state index contributed by atoms with van der Waals surface area (Å²) in [5.74, 6) is -0.189. The van der Waals surface area contributed by atoms with E-state index < -0.39 is 23.7 Å². The van der Waals surface area contributed by atoms with Crippen LogP contribution in [0.15, 0.2) is 25.0 Å². The Bertz CT molecular complexity index is 409. The number of rotatable bonds is 9. The third-order valence-corrected chi connectivity index (χ3v) is 2.86. The van der Waals surface area contributed by atoms with Crippen molar-refractivity contribution in [2.24, 2.45) is 5.92 Å². The van der Waals surface area contributed by atoms with Crippen molar-refractivity contribution < 1.29 is 19.1 Å². The molecule has 0 radical (unpaired) electrons. The van der Waals surface area contributed by atoms with Crippen LogP contribution in [0.1, 0.15) is 47.5 Å². The fourth-order valence-electron chi connectivity index (χ4n) is 1.88. The van der Waals surface area contributed by atoms with Gasteiger partial charge in [-0.2, -0.15) is 0 Å². The molecule has 0 rings (SSSR count). The first-order valence-electron chi connectivity index (χ1n) is 7.54. The number of alkyl carbamates (subject to hydrolysis) is 1. The zero-order chi connectivity index (χ0) is 17.3. The van der Waals surface area contributed by atoms with Gasteiger partial charge in [-0.1, -0.05) is 19.6 Å². The van der Waals surface area contributed by atoms with E-state index >= 15 is 0 Å². The Morgan fingerprint density at radius 1 is 1.32 bits per heavy atom. The van der Waals surface area contributed by atoms with E-state index in [1.165, 1.54) is 6.92 Å². The average Bonchev–Trinajstić information content (AvgIpc) is 2.37. The van der Waals surface area contributed by atoms with Gasteiger partial charge in [-0.3, -0.25) is 4.79 Å². The van der Waals surface area contributed by atoms with Crippen LogP contribution in [0.3, 0.4) is 0 Å². The summed E-state index contributed by atoms with van der Waals surface area (Å²) in [6.07, 6.45) is 2.27. The first-order valence-corrected chi connectivity index (χ1v) is 7.54. The molecule has 0 aromatic heterocycles. The summed E-state index contributed by atoms with van der Waals surface area (Å²) < 4.78 is 10.8. The van der Waals surface area contributed by atoms with Crippen LogP contribution in [-0.4, -0.2) is 30.1 Å². The van der Waals surface area contributed by atoms with E-state index in [1.807, 2.05) is 6.92 Å². The molecule has 0 saturated heterocycles. The van der Waals surface area contributed by atoms with Gasteiger partial charge in [0.2, 0.25) is 0 Å². The van der Waals surface area contributed by atoms with Crippen molar-refractivity contribution in [3.8, 4) is 0 Å². The average molecular weight is 311 g/mol. The lowest BCUT2D eigenvalue weighted by Crippen LogP contribution is -2.46. The van der Waals surface area contributed by atoms with E-state index in [2.05, 4.69) is 18.5 Å². The molecular weight excluding hydrogens is 282 g/mol. The number of hydrogen-bond donors (Lipinski definition) is 1. The Morgan fingerprint density at radius 2 is 1.91 bits per heavy atom. The molecule has 2 atom stereocenters. The van der Waals surface area contributed by atoms with Crippen molar-refractivity contribution in [1.29, 1.82) is 0 Å². The predicted octanol–water partition coefficient (Wildman–Crippen LogP) is 3.60. The lowest BCUT2D eigenvalue weighted by atomic mass is 9.91.